The minimum Gasteiger partial charge on any atom is -0.329 e. The van der Waals surface area contributed by atoms with Crippen LogP contribution in [0.25, 0.3) is 0 Å². The first-order valence-corrected chi connectivity index (χ1v) is 7.01. The van der Waals surface area contributed by atoms with Crippen LogP contribution >= 0.6 is 11.8 Å². The van der Waals surface area contributed by atoms with Crippen LogP contribution in [0.3, 0.4) is 0 Å². The van der Waals surface area contributed by atoms with Crippen LogP contribution in [0.5, 0.6) is 0 Å². The topological polar surface area (TPSA) is 26.0 Å². The van der Waals surface area contributed by atoms with Crippen LogP contribution in [0.4, 0.5) is 4.39 Å². The fraction of sp³-hybridized carbons (Fsp3) is 0.571. The average molecular weight is 253 g/mol. The van der Waals surface area contributed by atoms with E-state index in [9.17, 15) is 4.39 Å². The number of hydrogen-bond acceptors (Lipinski definition) is 2. The van der Waals surface area contributed by atoms with Crippen molar-refractivity contribution in [3.8, 4) is 0 Å². The molecule has 0 unspecified atom stereocenters. The normalized spacial score (nSPS) is 28.2. The minimum atomic E-state index is -0.176. The standard InChI is InChI=1S/C14H20FNS/c1-10(2)11-7-14(8-11,9-16)17-13-5-3-12(15)4-6-13/h3-6,10-11H,7-9,16H2,1-2H3. The lowest BCUT2D eigenvalue weighted by Gasteiger charge is -2.48. The molecule has 2 rings (SSSR count). The smallest absolute Gasteiger partial charge is 0.123 e. The number of rotatable bonds is 4. The van der Waals surface area contributed by atoms with Gasteiger partial charge in [-0.3, -0.25) is 0 Å². The van der Waals surface area contributed by atoms with E-state index in [0.717, 1.165) is 16.7 Å². The number of nitrogens with two attached hydrogens (primary N) is 1. The molecule has 2 N–H and O–H groups in total. The van der Waals surface area contributed by atoms with Crippen LogP contribution in [-0.4, -0.2) is 11.3 Å². The first-order chi connectivity index (χ1) is 8.04. The highest BCUT2D eigenvalue weighted by molar-refractivity contribution is 8.00. The van der Waals surface area contributed by atoms with Gasteiger partial charge in [0.15, 0.2) is 0 Å². The van der Waals surface area contributed by atoms with Crippen LogP contribution in [-0.2, 0) is 0 Å². The van der Waals surface area contributed by atoms with E-state index in [2.05, 4.69) is 13.8 Å². The van der Waals surface area contributed by atoms with Crippen molar-refractivity contribution in [1.82, 2.24) is 0 Å². The predicted molar refractivity (Wildman–Crippen MR) is 71.6 cm³/mol. The van der Waals surface area contributed by atoms with Gasteiger partial charge in [0, 0.05) is 16.2 Å². The summed E-state index contributed by atoms with van der Waals surface area (Å²) in [5, 5.41) is 0. The fourth-order valence-electron chi connectivity index (χ4n) is 2.41. The summed E-state index contributed by atoms with van der Waals surface area (Å²) in [6, 6.07) is 6.73. The zero-order valence-electron chi connectivity index (χ0n) is 10.4. The van der Waals surface area contributed by atoms with Gasteiger partial charge in [0.05, 0.1) is 0 Å². The number of benzene rings is 1. The molecular weight excluding hydrogens is 233 g/mol. The molecule has 1 saturated carbocycles. The van der Waals surface area contributed by atoms with Crippen LogP contribution in [0, 0.1) is 17.7 Å². The average Bonchev–Trinajstić information content (AvgIpc) is 2.25. The Kier molecular flexibility index (Phi) is 3.79. The zero-order chi connectivity index (χ0) is 12.5. The second-order valence-electron chi connectivity index (χ2n) is 5.36. The van der Waals surface area contributed by atoms with E-state index in [0.29, 0.717) is 6.54 Å². The molecular formula is C14H20FNS. The molecule has 0 heterocycles. The number of thioether (sulfide) groups is 1. The summed E-state index contributed by atoms with van der Waals surface area (Å²) in [6.07, 6.45) is 2.37. The van der Waals surface area contributed by atoms with Gasteiger partial charge in [-0.2, -0.15) is 0 Å². The predicted octanol–water partition coefficient (Wildman–Crippen LogP) is 3.68. The summed E-state index contributed by atoms with van der Waals surface area (Å²) < 4.78 is 13.0. The monoisotopic (exact) mass is 253 g/mol. The van der Waals surface area contributed by atoms with E-state index in [1.165, 1.54) is 25.0 Å². The molecule has 0 saturated heterocycles. The quantitative estimate of drug-likeness (QED) is 0.885. The van der Waals surface area contributed by atoms with E-state index in [-0.39, 0.29) is 10.6 Å². The summed E-state index contributed by atoms with van der Waals surface area (Å²) in [5.41, 5.74) is 5.91. The molecule has 0 aromatic heterocycles. The Morgan fingerprint density at radius 2 is 1.94 bits per heavy atom. The fourth-order valence-corrected chi connectivity index (χ4v) is 3.86. The molecule has 1 nitrogen and oxygen atoms in total. The largest absolute Gasteiger partial charge is 0.329 e. The molecule has 0 spiro atoms. The minimum absolute atomic E-state index is 0.176. The van der Waals surface area contributed by atoms with Crippen LogP contribution in [0.15, 0.2) is 29.2 Å². The summed E-state index contributed by atoms with van der Waals surface area (Å²) in [4.78, 5) is 1.12. The molecule has 0 radical (unpaired) electrons. The zero-order valence-corrected chi connectivity index (χ0v) is 11.3. The summed E-state index contributed by atoms with van der Waals surface area (Å²) >= 11 is 1.82. The molecule has 17 heavy (non-hydrogen) atoms. The summed E-state index contributed by atoms with van der Waals surface area (Å²) in [6.45, 7) is 5.25. The molecule has 1 aromatic carbocycles. The SMILES string of the molecule is CC(C)C1CC(CN)(Sc2ccc(F)cc2)C1. The van der Waals surface area contributed by atoms with Gasteiger partial charge in [0.25, 0.3) is 0 Å². The second kappa shape index (κ2) is 4.99. The van der Waals surface area contributed by atoms with Crippen molar-refractivity contribution in [2.45, 2.75) is 36.3 Å². The third kappa shape index (κ3) is 2.83. The first-order valence-electron chi connectivity index (χ1n) is 6.19. The third-order valence-corrected chi connectivity index (χ3v) is 5.17. The van der Waals surface area contributed by atoms with Gasteiger partial charge in [-0.1, -0.05) is 13.8 Å². The first kappa shape index (κ1) is 12.9. The molecule has 1 aliphatic carbocycles. The maximum Gasteiger partial charge on any atom is 0.123 e. The molecule has 1 aliphatic rings. The lowest BCUT2D eigenvalue weighted by molar-refractivity contribution is 0.176. The Balaban J connectivity index is 2.00. The molecule has 94 valence electrons. The van der Waals surface area contributed by atoms with E-state index < -0.39 is 0 Å². The van der Waals surface area contributed by atoms with Crippen molar-refractivity contribution in [3.05, 3.63) is 30.1 Å². The Labute approximate surface area is 107 Å². The maximum absolute atomic E-state index is 12.8. The highest BCUT2D eigenvalue weighted by Crippen LogP contribution is 2.52. The van der Waals surface area contributed by atoms with Gasteiger partial charge in [-0.15, -0.1) is 11.8 Å². The lowest BCUT2D eigenvalue weighted by Crippen LogP contribution is -2.48. The van der Waals surface area contributed by atoms with E-state index >= 15 is 0 Å². The van der Waals surface area contributed by atoms with E-state index in [4.69, 9.17) is 5.73 Å². The number of halogens is 1. The third-order valence-electron chi connectivity index (χ3n) is 3.73. The summed E-state index contributed by atoms with van der Waals surface area (Å²) in [5.74, 6) is 1.36. The van der Waals surface area contributed by atoms with E-state index in [1.54, 1.807) is 0 Å². The van der Waals surface area contributed by atoms with Crippen molar-refractivity contribution < 1.29 is 4.39 Å². The van der Waals surface area contributed by atoms with Gasteiger partial charge in [0.1, 0.15) is 5.82 Å². The molecule has 1 aromatic rings. The van der Waals surface area contributed by atoms with Crippen molar-refractivity contribution in [2.75, 3.05) is 6.54 Å². The molecule has 0 bridgehead atoms. The maximum atomic E-state index is 12.8. The van der Waals surface area contributed by atoms with Crippen LogP contribution in [0.2, 0.25) is 0 Å². The Morgan fingerprint density at radius 3 is 2.41 bits per heavy atom. The van der Waals surface area contributed by atoms with Gasteiger partial charge >= 0.3 is 0 Å². The highest BCUT2D eigenvalue weighted by Gasteiger charge is 2.44. The van der Waals surface area contributed by atoms with Crippen molar-refractivity contribution >= 4 is 11.8 Å². The molecule has 0 atom stereocenters. The molecule has 3 heteroatoms. The Bertz CT molecular complexity index is 368. The van der Waals surface area contributed by atoms with Gasteiger partial charge in [-0.05, 0) is 48.9 Å². The van der Waals surface area contributed by atoms with Crippen molar-refractivity contribution in [3.63, 3.8) is 0 Å². The second-order valence-corrected chi connectivity index (χ2v) is 6.90. The number of hydrogen-bond donors (Lipinski definition) is 1. The van der Waals surface area contributed by atoms with Gasteiger partial charge < -0.3 is 5.73 Å². The van der Waals surface area contributed by atoms with Crippen molar-refractivity contribution in [1.29, 1.82) is 0 Å². The van der Waals surface area contributed by atoms with E-state index in [1.807, 2.05) is 23.9 Å². The van der Waals surface area contributed by atoms with Crippen LogP contribution in [0.1, 0.15) is 26.7 Å². The molecule has 0 aliphatic heterocycles. The summed E-state index contributed by atoms with van der Waals surface area (Å²) in [7, 11) is 0. The Hall–Kier alpha value is -0.540. The van der Waals surface area contributed by atoms with Gasteiger partial charge in [-0.25, -0.2) is 4.39 Å². The molecule has 1 fully saturated rings. The highest BCUT2D eigenvalue weighted by atomic mass is 32.2. The van der Waals surface area contributed by atoms with Crippen molar-refractivity contribution in [2.24, 2.45) is 17.6 Å². The Morgan fingerprint density at radius 1 is 1.35 bits per heavy atom. The van der Waals surface area contributed by atoms with Gasteiger partial charge in [0.2, 0.25) is 0 Å². The molecule has 0 amide bonds. The lowest BCUT2D eigenvalue weighted by atomic mass is 9.69. The van der Waals surface area contributed by atoms with Crippen LogP contribution < -0.4 is 5.73 Å².